The minimum Gasteiger partial charge on any atom is -0.388 e. The lowest BCUT2D eigenvalue weighted by Gasteiger charge is -2.29. The van der Waals surface area contributed by atoms with Crippen molar-refractivity contribution in [1.29, 1.82) is 0 Å². The first-order valence-electron chi connectivity index (χ1n) is 13.4. The second-order valence-electron chi connectivity index (χ2n) is 11.2. The number of nitrogens with two attached hydrogens (primary N) is 2. The highest BCUT2D eigenvalue weighted by atomic mass is 32.7. The van der Waals surface area contributed by atoms with Crippen LogP contribution in [0.1, 0.15) is 18.7 Å². The summed E-state index contributed by atoms with van der Waals surface area (Å²) in [6.07, 6.45) is -1.40. The Morgan fingerprint density at radius 1 is 1.00 bits per heavy atom. The van der Waals surface area contributed by atoms with Crippen molar-refractivity contribution in [3.63, 3.8) is 0 Å². The fourth-order valence-electron chi connectivity index (χ4n) is 6.70. The van der Waals surface area contributed by atoms with E-state index >= 15 is 0 Å². The lowest BCUT2D eigenvalue weighted by Crippen LogP contribution is -2.37. The summed E-state index contributed by atoms with van der Waals surface area (Å²) in [4.78, 5) is 24.9. The van der Waals surface area contributed by atoms with Gasteiger partial charge < -0.3 is 44.6 Å². The fraction of sp³-hybridized carbons (Fsp3) is 0.545. The molecule has 0 aromatic carbocycles. The summed E-state index contributed by atoms with van der Waals surface area (Å²) in [6, 6.07) is -0.625. The number of hydrogen-bond donors (Lipinski definition) is 5. The van der Waals surface area contributed by atoms with Crippen LogP contribution in [0.2, 0.25) is 0 Å². The number of aliphatic hydroxyl groups is 2. The number of thiol groups is 1. The van der Waals surface area contributed by atoms with Gasteiger partial charge in [-0.15, -0.1) is 0 Å². The van der Waals surface area contributed by atoms with E-state index in [1.165, 1.54) is 29.9 Å². The van der Waals surface area contributed by atoms with Crippen LogP contribution >= 0.6 is 27.3 Å². The lowest BCUT2D eigenvalue weighted by atomic mass is 10.0. The second-order valence-corrected chi connectivity index (χ2v) is 15.1. The average Bonchev–Trinajstić information content (AvgIpc) is 3.28. The molecule has 4 aromatic heterocycles. The Labute approximate surface area is 252 Å². The van der Waals surface area contributed by atoms with Crippen molar-refractivity contribution in [2.75, 3.05) is 24.7 Å². The van der Waals surface area contributed by atoms with Gasteiger partial charge in [0.1, 0.15) is 54.2 Å². The first-order chi connectivity index (χ1) is 21.1. The molecule has 6 heterocycles. The van der Waals surface area contributed by atoms with Crippen LogP contribution in [0.25, 0.3) is 22.3 Å². The molecule has 2 aliphatic carbocycles. The van der Waals surface area contributed by atoms with Crippen LogP contribution in [-0.4, -0.2) is 93.0 Å². The van der Waals surface area contributed by atoms with Crippen molar-refractivity contribution in [3.05, 3.63) is 25.3 Å². The molecule has 1 unspecified atom stereocenters. The molecule has 2 aliphatic heterocycles. The Morgan fingerprint density at radius 2 is 1.66 bits per heavy atom. The van der Waals surface area contributed by atoms with Gasteiger partial charge in [0.2, 0.25) is 0 Å². The summed E-state index contributed by atoms with van der Waals surface area (Å²) in [5.74, 6) is 0.0116. The molecule has 1 spiro atoms. The monoisotopic (exact) mass is 668 g/mol. The molecule has 4 aliphatic rings. The van der Waals surface area contributed by atoms with Gasteiger partial charge in [0.05, 0.1) is 31.9 Å². The van der Waals surface area contributed by atoms with Crippen molar-refractivity contribution < 1.29 is 42.2 Å². The quantitative estimate of drug-likeness (QED) is 0.142. The van der Waals surface area contributed by atoms with E-state index in [1.807, 2.05) is 0 Å². The lowest BCUT2D eigenvalue weighted by molar-refractivity contribution is -0.0547. The number of imidazole rings is 2. The Bertz CT molecular complexity index is 1860. The molecule has 44 heavy (non-hydrogen) atoms. The van der Waals surface area contributed by atoms with E-state index < -0.39 is 63.3 Å². The van der Waals surface area contributed by atoms with Crippen LogP contribution in [0.5, 0.6) is 0 Å². The van der Waals surface area contributed by atoms with Crippen molar-refractivity contribution in [3.8, 4) is 0 Å². The largest absolute Gasteiger partial charge is 0.388 e. The molecule has 6 N–H and O–H groups in total. The van der Waals surface area contributed by atoms with Crippen LogP contribution < -0.4 is 11.5 Å². The molecular formula is C22H26N10O9P2S. The number of nitrogens with zero attached hydrogens (tertiary/aromatic N) is 8. The van der Waals surface area contributed by atoms with Crippen LogP contribution in [0, 0.1) is 11.3 Å². The first kappa shape index (κ1) is 28.7. The predicted octanol–water partition coefficient (Wildman–Crippen LogP) is 0.256. The number of aliphatic hydroxyl groups excluding tert-OH is 2. The maximum atomic E-state index is 13.7. The third kappa shape index (κ3) is 4.32. The van der Waals surface area contributed by atoms with Crippen LogP contribution in [-0.2, 0) is 32.0 Å². The summed E-state index contributed by atoms with van der Waals surface area (Å²) in [6.45, 7) is -4.84. The van der Waals surface area contributed by atoms with Gasteiger partial charge in [-0.3, -0.25) is 13.7 Å². The Kier molecular flexibility index (Phi) is 6.60. The number of aromatic nitrogens is 8. The summed E-state index contributed by atoms with van der Waals surface area (Å²) in [5.41, 5.74) is 12.3. The van der Waals surface area contributed by atoms with Gasteiger partial charge in [-0.2, -0.15) is 0 Å². The SMILES string of the molecule is Nc1ncnc2c1ncn2[C@H]1[C@H](O)[C@@H]2O[PH](=O)OC[C@H]3O[C@@H](n4cnc5c(N)ncnc54)[C@H](O[P@@](=O)(S)OC[C@]24C[C@H]14)[C@@H]3O. The van der Waals surface area contributed by atoms with E-state index in [0.29, 0.717) is 17.6 Å². The third-order valence-corrected chi connectivity index (χ3v) is 11.3. The van der Waals surface area contributed by atoms with Gasteiger partial charge in [-0.05, 0) is 12.3 Å². The molecule has 19 nitrogen and oxygen atoms in total. The van der Waals surface area contributed by atoms with Gasteiger partial charge in [0.25, 0.3) is 0 Å². The van der Waals surface area contributed by atoms with Crippen LogP contribution in [0.3, 0.4) is 0 Å². The van der Waals surface area contributed by atoms with Crippen LogP contribution in [0.15, 0.2) is 25.3 Å². The number of hydrogen-bond acceptors (Lipinski definition) is 17. The molecule has 0 radical (unpaired) electrons. The summed E-state index contributed by atoms with van der Waals surface area (Å²) >= 11 is 4.21. The predicted molar refractivity (Wildman–Crippen MR) is 152 cm³/mol. The topological polar surface area (TPSA) is 260 Å². The normalized spacial score (nSPS) is 40.7. The molecule has 2 bridgehead atoms. The number of ether oxygens (including phenoxy) is 1. The summed E-state index contributed by atoms with van der Waals surface area (Å²) < 4.78 is 59.0. The number of rotatable bonds is 2. The van der Waals surface area contributed by atoms with Crippen LogP contribution in [0.4, 0.5) is 11.6 Å². The van der Waals surface area contributed by atoms with E-state index in [1.54, 1.807) is 4.57 Å². The Morgan fingerprint density at radius 3 is 2.36 bits per heavy atom. The van der Waals surface area contributed by atoms with Gasteiger partial charge >= 0.3 is 15.1 Å². The molecule has 11 atom stereocenters. The molecule has 8 rings (SSSR count). The minimum atomic E-state index is -4.21. The molecular weight excluding hydrogens is 642 g/mol. The van der Waals surface area contributed by atoms with Crippen molar-refractivity contribution in [2.24, 2.45) is 11.3 Å². The van der Waals surface area contributed by atoms with E-state index in [2.05, 4.69) is 42.2 Å². The smallest absolute Gasteiger partial charge is 0.386 e. The summed E-state index contributed by atoms with van der Waals surface area (Å²) in [7, 11) is -3.27. The average molecular weight is 669 g/mol. The Balaban J connectivity index is 1.12. The number of fused-ring (bicyclic) bond motifs is 4. The molecule has 4 aromatic rings. The maximum Gasteiger partial charge on any atom is 0.386 e. The molecule has 22 heteroatoms. The van der Waals surface area contributed by atoms with Gasteiger partial charge in [-0.25, -0.2) is 34.5 Å². The zero-order valence-corrected chi connectivity index (χ0v) is 25.2. The van der Waals surface area contributed by atoms with E-state index in [-0.39, 0.29) is 41.9 Å². The van der Waals surface area contributed by atoms with E-state index in [9.17, 15) is 19.3 Å². The van der Waals surface area contributed by atoms with E-state index in [0.717, 1.165) is 0 Å². The number of nitrogen functional groups attached to an aromatic ring is 2. The van der Waals surface area contributed by atoms with Gasteiger partial charge in [0.15, 0.2) is 29.2 Å². The van der Waals surface area contributed by atoms with Gasteiger partial charge in [-0.1, -0.05) is 12.2 Å². The first-order valence-corrected chi connectivity index (χ1v) is 17.4. The van der Waals surface area contributed by atoms with Crippen molar-refractivity contribution in [2.45, 2.75) is 49.2 Å². The summed E-state index contributed by atoms with van der Waals surface area (Å²) in [5, 5.41) is 22.6. The molecule has 234 valence electrons. The second kappa shape index (κ2) is 10.1. The highest BCUT2D eigenvalue weighted by Crippen LogP contribution is 2.71. The highest BCUT2D eigenvalue weighted by Gasteiger charge is 2.73. The Hall–Kier alpha value is -2.77. The zero-order chi connectivity index (χ0) is 30.5. The minimum absolute atomic E-state index is 0.121. The zero-order valence-electron chi connectivity index (χ0n) is 22.4. The molecule has 0 amide bonds. The fourth-order valence-corrected chi connectivity index (χ4v) is 9.15. The standard InChI is InChI=1S/C22H26N10O9P2S/c23-17-10-19(27-4-25-17)31(6-29-10)12-8-1-22(8)3-38-43(36,44)41-15-13(33)9(2-37-42(35)40-16(22)14(12)34)39-21(15)32-7-30-11-18(24)26-5-28-20(11)32/h4-9,12-16,21,33-34,42H,1-3H2,(H,36,44)(H2,23,25,27)(H2,24,26,28)/t8-,9-,12-,13-,14+,15-,16+,21-,22+,43+/m1/s1. The maximum absolute atomic E-state index is 13.7. The van der Waals surface area contributed by atoms with Crippen molar-refractivity contribution >= 4 is 61.3 Å². The molecule has 2 saturated carbocycles. The van der Waals surface area contributed by atoms with Crippen molar-refractivity contribution in [1.82, 2.24) is 39.0 Å². The highest BCUT2D eigenvalue weighted by molar-refractivity contribution is 8.44. The molecule has 4 fully saturated rings. The van der Waals surface area contributed by atoms with E-state index in [4.69, 9.17) is 34.3 Å². The third-order valence-electron chi connectivity index (χ3n) is 8.84. The van der Waals surface area contributed by atoms with Gasteiger partial charge in [0, 0.05) is 5.41 Å². The number of anilines is 2. The molecule has 2 saturated heterocycles.